The van der Waals surface area contributed by atoms with E-state index in [0.29, 0.717) is 42.3 Å². The maximum atomic E-state index is 12.8. The number of aromatic nitrogens is 2. The molecule has 3 heterocycles. The van der Waals surface area contributed by atoms with Crippen molar-refractivity contribution in [3.8, 4) is 0 Å². The Bertz CT molecular complexity index is 1270. The highest BCUT2D eigenvalue weighted by Crippen LogP contribution is 2.31. The maximum absolute atomic E-state index is 12.8. The number of carbonyl (C=O) groups excluding carboxylic acids is 1. The number of oxazole rings is 1. The average molecular weight is 429 g/mol. The first-order valence-corrected chi connectivity index (χ1v) is 10.4. The molecule has 0 spiro atoms. The Labute approximate surface area is 174 Å². The van der Waals surface area contributed by atoms with Crippen LogP contribution in [0.1, 0.15) is 0 Å². The van der Waals surface area contributed by atoms with Crippen LogP contribution < -0.4 is 10.7 Å². The van der Waals surface area contributed by atoms with E-state index in [4.69, 9.17) is 16.0 Å². The zero-order valence-electron chi connectivity index (χ0n) is 15.4. The van der Waals surface area contributed by atoms with E-state index < -0.39 is 5.76 Å². The topological polar surface area (TPSA) is 71.6 Å². The molecule has 1 aliphatic heterocycles. The molecule has 148 valence electrons. The number of hydrogen-bond acceptors (Lipinski definition) is 6. The maximum Gasteiger partial charge on any atom is 0.420 e. The zero-order chi connectivity index (χ0) is 20.0. The fourth-order valence-electron chi connectivity index (χ4n) is 3.57. The van der Waals surface area contributed by atoms with Crippen molar-refractivity contribution < 1.29 is 9.21 Å². The molecule has 2 aromatic carbocycles. The minimum absolute atomic E-state index is 0.0184. The van der Waals surface area contributed by atoms with Gasteiger partial charge in [-0.15, -0.1) is 0 Å². The van der Waals surface area contributed by atoms with Gasteiger partial charge in [0, 0.05) is 31.2 Å². The Kier molecular flexibility index (Phi) is 4.52. The Morgan fingerprint density at radius 3 is 2.76 bits per heavy atom. The predicted molar refractivity (Wildman–Crippen MR) is 114 cm³/mol. The highest BCUT2D eigenvalue weighted by Gasteiger charge is 2.24. The summed E-state index contributed by atoms with van der Waals surface area (Å²) in [5, 5.41) is 1.64. The lowest BCUT2D eigenvalue weighted by Crippen LogP contribution is -2.50. The third kappa shape index (κ3) is 3.38. The van der Waals surface area contributed by atoms with E-state index in [1.807, 2.05) is 24.3 Å². The van der Waals surface area contributed by atoms with Crippen molar-refractivity contribution in [2.75, 3.05) is 31.1 Å². The van der Waals surface area contributed by atoms with Crippen LogP contribution >= 0.6 is 22.9 Å². The molecular formula is C20H17ClN4O3S. The van der Waals surface area contributed by atoms with Gasteiger partial charge in [-0.1, -0.05) is 35.1 Å². The van der Waals surface area contributed by atoms with Crippen LogP contribution in [0, 0.1) is 0 Å². The average Bonchev–Trinajstić information content (AvgIpc) is 3.29. The molecule has 1 aliphatic rings. The third-order valence-corrected chi connectivity index (χ3v) is 6.42. The smallest absolute Gasteiger partial charge is 0.408 e. The second-order valence-corrected chi connectivity index (χ2v) is 8.34. The van der Waals surface area contributed by atoms with Crippen molar-refractivity contribution in [1.29, 1.82) is 0 Å². The van der Waals surface area contributed by atoms with E-state index in [1.165, 1.54) is 4.57 Å². The van der Waals surface area contributed by atoms with Gasteiger partial charge in [0.2, 0.25) is 5.91 Å². The number of nitrogens with zero attached hydrogens (tertiary/aromatic N) is 4. The van der Waals surface area contributed by atoms with Gasteiger partial charge in [0.1, 0.15) is 6.54 Å². The number of anilines is 1. The van der Waals surface area contributed by atoms with E-state index in [-0.39, 0.29) is 12.5 Å². The Morgan fingerprint density at radius 2 is 1.93 bits per heavy atom. The SMILES string of the molecule is O=C(Cn1c(=O)oc2ccccc21)N1CCN(c2nc3ccc(Cl)cc3s2)CC1. The molecule has 0 N–H and O–H groups in total. The number of hydrogen-bond donors (Lipinski definition) is 0. The molecule has 2 aromatic heterocycles. The number of halogens is 1. The zero-order valence-corrected chi connectivity index (χ0v) is 16.9. The molecule has 7 nitrogen and oxygen atoms in total. The number of fused-ring (bicyclic) bond motifs is 2. The number of benzene rings is 2. The lowest BCUT2D eigenvalue weighted by molar-refractivity contribution is -0.132. The van der Waals surface area contributed by atoms with E-state index in [0.717, 1.165) is 15.3 Å². The summed E-state index contributed by atoms with van der Waals surface area (Å²) in [7, 11) is 0. The fraction of sp³-hybridized carbons (Fsp3) is 0.250. The molecule has 5 rings (SSSR count). The standard InChI is InChI=1S/C20H17ClN4O3S/c21-13-5-6-14-17(11-13)29-19(22-14)24-9-7-23(8-10-24)18(26)12-25-15-3-1-2-4-16(15)28-20(25)27/h1-6,11H,7-10,12H2. The van der Waals surface area contributed by atoms with Gasteiger partial charge in [-0.2, -0.15) is 0 Å². The van der Waals surface area contributed by atoms with E-state index in [1.54, 1.807) is 34.4 Å². The molecular weight excluding hydrogens is 412 g/mol. The van der Waals surface area contributed by atoms with Crippen molar-refractivity contribution in [3.63, 3.8) is 0 Å². The molecule has 29 heavy (non-hydrogen) atoms. The van der Waals surface area contributed by atoms with Crippen LogP contribution in [0.2, 0.25) is 5.02 Å². The minimum Gasteiger partial charge on any atom is -0.408 e. The molecule has 0 aliphatic carbocycles. The van der Waals surface area contributed by atoms with Gasteiger partial charge in [0.15, 0.2) is 10.7 Å². The largest absolute Gasteiger partial charge is 0.420 e. The summed E-state index contributed by atoms with van der Waals surface area (Å²) in [4.78, 5) is 33.5. The fourth-order valence-corrected chi connectivity index (χ4v) is 4.86. The lowest BCUT2D eigenvalue weighted by Gasteiger charge is -2.34. The number of para-hydroxylation sites is 2. The lowest BCUT2D eigenvalue weighted by atomic mass is 10.3. The van der Waals surface area contributed by atoms with Crippen molar-refractivity contribution in [1.82, 2.24) is 14.5 Å². The summed E-state index contributed by atoms with van der Waals surface area (Å²) in [5.74, 6) is -0.597. The van der Waals surface area contributed by atoms with E-state index in [2.05, 4.69) is 9.88 Å². The Hall–Kier alpha value is -2.84. The number of thiazole rings is 1. The highest BCUT2D eigenvalue weighted by molar-refractivity contribution is 7.22. The monoisotopic (exact) mass is 428 g/mol. The molecule has 4 aromatic rings. The van der Waals surface area contributed by atoms with Crippen LogP contribution in [-0.4, -0.2) is 46.5 Å². The first-order chi connectivity index (χ1) is 14.1. The molecule has 0 atom stereocenters. The second kappa shape index (κ2) is 7.20. The molecule has 1 amide bonds. The van der Waals surface area contributed by atoms with Gasteiger partial charge in [0.05, 0.1) is 15.7 Å². The van der Waals surface area contributed by atoms with Gasteiger partial charge in [-0.25, -0.2) is 9.78 Å². The van der Waals surface area contributed by atoms with Crippen molar-refractivity contribution in [2.45, 2.75) is 6.54 Å². The van der Waals surface area contributed by atoms with E-state index in [9.17, 15) is 9.59 Å². The molecule has 0 unspecified atom stereocenters. The van der Waals surface area contributed by atoms with Crippen LogP contribution in [0.3, 0.4) is 0 Å². The van der Waals surface area contributed by atoms with Crippen molar-refractivity contribution in [3.05, 3.63) is 58.0 Å². The Morgan fingerprint density at radius 1 is 1.14 bits per heavy atom. The summed E-state index contributed by atoms with van der Waals surface area (Å²) < 4.78 is 7.65. The van der Waals surface area contributed by atoms with Crippen LogP contribution in [0.4, 0.5) is 5.13 Å². The van der Waals surface area contributed by atoms with E-state index >= 15 is 0 Å². The molecule has 1 saturated heterocycles. The number of amides is 1. The minimum atomic E-state index is -0.508. The predicted octanol–water partition coefficient (Wildman–Crippen LogP) is 3.21. The van der Waals surface area contributed by atoms with Crippen LogP contribution in [0.15, 0.2) is 51.7 Å². The number of rotatable bonds is 3. The second-order valence-electron chi connectivity index (χ2n) is 6.90. The van der Waals surface area contributed by atoms with Gasteiger partial charge >= 0.3 is 5.76 Å². The summed E-state index contributed by atoms with van der Waals surface area (Å²) >= 11 is 7.67. The summed E-state index contributed by atoms with van der Waals surface area (Å²) in [6.45, 7) is 2.54. The summed E-state index contributed by atoms with van der Waals surface area (Å²) in [6, 6.07) is 12.8. The van der Waals surface area contributed by atoms with Gasteiger partial charge < -0.3 is 14.2 Å². The first-order valence-electron chi connectivity index (χ1n) is 9.26. The quantitative estimate of drug-likeness (QED) is 0.501. The van der Waals surface area contributed by atoms with Crippen LogP contribution in [0.5, 0.6) is 0 Å². The molecule has 9 heteroatoms. The Balaban J connectivity index is 1.27. The molecule has 1 fully saturated rings. The third-order valence-electron chi connectivity index (χ3n) is 5.11. The molecule has 0 radical (unpaired) electrons. The van der Waals surface area contributed by atoms with Gasteiger partial charge in [-0.05, 0) is 30.3 Å². The normalized spacial score (nSPS) is 14.8. The summed E-state index contributed by atoms with van der Waals surface area (Å²) in [6.07, 6.45) is 0. The van der Waals surface area contributed by atoms with Crippen molar-refractivity contribution in [2.24, 2.45) is 0 Å². The van der Waals surface area contributed by atoms with Crippen LogP contribution in [0.25, 0.3) is 21.3 Å². The summed E-state index contributed by atoms with van der Waals surface area (Å²) in [5.41, 5.74) is 2.06. The molecule has 0 saturated carbocycles. The van der Waals surface area contributed by atoms with Crippen LogP contribution in [-0.2, 0) is 11.3 Å². The molecule has 0 bridgehead atoms. The van der Waals surface area contributed by atoms with Gasteiger partial charge in [-0.3, -0.25) is 9.36 Å². The van der Waals surface area contributed by atoms with Gasteiger partial charge in [0.25, 0.3) is 0 Å². The van der Waals surface area contributed by atoms with Crippen molar-refractivity contribution >= 4 is 55.3 Å². The first kappa shape index (κ1) is 18.2. The number of piperazine rings is 1. The highest BCUT2D eigenvalue weighted by atomic mass is 35.5. The number of carbonyl (C=O) groups is 1.